The summed E-state index contributed by atoms with van der Waals surface area (Å²) in [4.78, 5) is 38.2. The molecule has 23 heavy (non-hydrogen) atoms. The molecule has 4 N–H and O–H groups in total. The number of carbonyl (C=O) groups is 2. The molecule has 0 saturated heterocycles. The lowest BCUT2D eigenvalue weighted by Gasteiger charge is -2.11. The lowest BCUT2D eigenvalue weighted by Crippen LogP contribution is -2.32. The molecule has 0 radical (unpaired) electrons. The molecule has 116 valence electrons. The average Bonchev–Trinajstić information content (AvgIpc) is 3.12. The molecule has 9 heteroatoms. The van der Waals surface area contributed by atoms with Crippen molar-refractivity contribution in [1.82, 2.24) is 20.5 Å². The molecule has 0 unspecified atom stereocenters. The first kappa shape index (κ1) is 13.3. The van der Waals surface area contributed by atoms with Crippen LogP contribution >= 0.6 is 0 Å². The van der Waals surface area contributed by atoms with Crippen molar-refractivity contribution >= 4 is 28.7 Å². The zero-order chi connectivity index (χ0) is 16.0. The van der Waals surface area contributed by atoms with Crippen LogP contribution < -0.4 is 16.2 Å². The number of nitrogens with zero attached hydrogens (tertiary/aromatic N) is 1. The maximum absolute atomic E-state index is 12.4. The third-order valence-corrected chi connectivity index (χ3v) is 3.66. The van der Waals surface area contributed by atoms with Gasteiger partial charge in [0.05, 0.1) is 16.5 Å². The molecule has 1 aliphatic heterocycles. The molecule has 0 fully saturated rings. The predicted molar refractivity (Wildman–Crippen MR) is 79.4 cm³/mol. The van der Waals surface area contributed by atoms with Crippen LogP contribution in [-0.4, -0.2) is 33.5 Å². The summed E-state index contributed by atoms with van der Waals surface area (Å²) in [6.07, 6.45) is 1.81. The number of nitrogens with one attached hydrogen (secondary N) is 4. The quantitative estimate of drug-likeness (QED) is 0.543. The molecule has 3 aromatic heterocycles. The average molecular weight is 313 g/mol. The van der Waals surface area contributed by atoms with Crippen LogP contribution in [-0.2, 0) is 6.42 Å². The monoisotopic (exact) mass is 313 g/mol. The zero-order valence-electron chi connectivity index (χ0n) is 11.7. The first-order valence-corrected chi connectivity index (χ1v) is 6.91. The van der Waals surface area contributed by atoms with Gasteiger partial charge in [0.1, 0.15) is 17.7 Å². The fourth-order valence-corrected chi connectivity index (χ4v) is 2.58. The van der Waals surface area contributed by atoms with Gasteiger partial charge in [0.25, 0.3) is 11.8 Å². The minimum atomic E-state index is -0.508. The van der Waals surface area contributed by atoms with E-state index in [1.54, 1.807) is 6.07 Å². The minimum absolute atomic E-state index is 0.151. The van der Waals surface area contributed by atoms with Gasteiger partial charge >= 0.3 is 0 Å². The molecule has 3 aromatic rings. The highest BCUT2D eigenvalue weighted by molar-refractivity contribution is 6.14. The van der Waals surface area contributed by atoms with E-state index in [0.29, 0.717) is 29.8 Å². The number of carbonyl (C=O) groups excluding carboxylic acids is 2. The number of H-pyrrole nitrogens is 2. The third-order valence-electron chi connectivity index (χ3n) is 3.66. The Hall–Kier alpha value is -3.36. The standard InChI is InChI=1S/C14H11N5O4/c20-9-2-1-6-11(16-9)18-19-12(6)17-13(21)7-5-23-8-3-4-15-14(22)10(7)8/h1-2,5H,3-4H2,(H,15,22)(H3,16,17,18,19,20,21). The first-order chi connectivity index (χ1) is 11.1. The maximum Gasteiger partial charge on any atom is 0.260 e. The molecule has 0 aromatic carbocycles. The van der Waals surface area contributed by atoms with Crippen molar-refractivity contribution in [2.45, 2.75) is 6.42 Å². The van der Waals surface area contributed by atoms with Crippen LogP contribution in [0.15, 0.2) is 27.6 Å². The molecule has 0 saturated carbocycles. The van der Waals surface area contributed by atoms with Crippen LogP contribution in [0.3, 0.4) is 0 Å². The van der Waals surface area contributed by atoms with Crippen molar-refractivity contribution in [3.8, 4) is 0 Å². The number of aromatic amines is 2. The number of anilines is 1. The van der Waals surface area contributed by atoms with Crippen LogP contribution in [0.2, 0.25) is 0 Å². The van der Waals surface area contributed by atoms with Crippen LogP contribution in [0.25, 0.3) is 11.0 Å². The summed E-state index contributed by atoms with van der Waals surface area (Å²) in [7, 11) is 0. The summed E-state index contributed by atoms with van der Waals surface area (Å²) in [5.74, 6) is -0.0875. The number of hydrogen-bond acceptors (Lipinski definition) is 5. The second-order valence-corrected chi connectivity index (χ2v) is 5.09. The second-order valence-electron chi connectivity index (χ2n) is 5.09. The van der Waals surface area contributed by atoms with Crippen molar-refractivity contribution in [2.24, 2.45) is 0 Å². The minimum Gasteiger partial charge on any atom is -0.468 e. The van der Waals surface area contributed by atoms with Crippen molar-refractivity contribution in [2.75, 3.05) is 11.9 Å². The number of furan rings is 1. The Morgan fingerprint density at radius 3 is 3.04 bits per heavy atom. The van der Waals surface area contributed by atoms with E-state index in [1.165, 1.54) is 12.3 Å². The number of aromatic nitrogens is 3. The predicted octanol–water partition coefficient (Wildman–Crippen LogP) is 0.382. The van der Waals surface area contributed by atoms with Gasteiger partial charge in [-0.1, -0.05) is 0 Å². The Bertz CT molecular complexity index is 996. The van der Waals surface area contributed by atoms with Gasteiger partial charge in [-0.25, -0.2) is 0 Å². The van der Waals surface area contributed by atoms with Crippen molar-refractivity contribution < 1.29 is 14.0 Å². The van der Waals surface area contributed by atoms with E-state index in [9.17, 15) is 14.4 Å². The molecule has 4 heterocycles. The van der Waals surface area contributed by atoms with Crippen molar-refractivity contribution in [1.29, 1.82) is 0 Å². The largest absolute Gasteiger partial charge is 0.468 e. The number of pyridine rings is 1. The van der Waals surface area contributed by atoms with Crippen LogP contribution in [0.4, 0.5) is 5.82 Å². The van der Waals surface area contributed by atoms with Gasteiger partial charge in [-0.3, -0.25) is 19.5 Å². The van der Waals surface area contributed by atoms with Crippen molar-refractivity contribution in [3.63, 3.8) is 0 Å². The van der Waals surface area contributed by atoms with E-state index in [0.717, 1.165) is 0 Å². The molecule has 0 bridgehead atoms. The SMILES string of the molecule is O=C(Nc1n[nH]c2[nH]c(=O)ccc12)c1coc2c1C(=O)NCC2. The van der Waals surface area contributed by atoms with Crippen LogP contribution in [0.5, 0.6) is 0 Å². The Morgan fingerprint density at radius 2 is 2.17 bits per heavy atom. The molecule has 4 rings (SSSR count). The number of rotatable bonds is 2. The summed E-state index contributed by atoms with van der Waals surface area (Å²) in [6.45, 7) is 0.484. The molecular weight excluding hydrogens is 302 g/mol. The van der Waals surface area contributed by atoms with Crippen LogP contribution in [0, 0.1) is 0 Å². The molecular formula is C14H11N5O4. The Labute approximate surface area is 128 Å². The third kappa shape index (κ3) is 2.09. The van der Waals surface area contributed by atoms with E-state index < -0.39 is 5.91 Å². The fraction of sp³-hybridized carbons (Fsp3) is 0.143. The lowest BCUT2D eigenvalue weighted by molar-refractivity contribution is 0.0931. The van der Waals surface area contributed by atoms with Gasteiger partial charge in [0.15, 0.2) is 5.82 Å². The van der Waals surface area contributed by atoms with E-state index in [1.807, 2.05) is 0 Å². The Balaban J connectivity index is 1.69. The van der Waals surface area contributed by atoms with Gasteiger partial charge < -0.3 is 20.0 Å². The van der Waals surface area contributed by atoms with Gasteiger partial charge in [0.2, 0.25) is 5.56 Å². The topological polar surface area (TPSA) is 133 Å². The number of amides is 2. The second kappa shape index (κ2) is 4.83. The first-order valence-electron chi connectivity index (χ1n) is 6.91. The highest BCUT2D eigenvalue weighted by Gasteiger charge is 2.28. The summed E-state index contributed by atoms with van der Waals surface area (Å²) < 4.78 is 5.30. The Kier molecular flexibility index (Phi) is 2.80. The van der Waals surface area contributed by atoms with Gasteiger partial charge in [-0.05, 0) is 6.07 Å². The molecule has 2 amide bonds. The highest BCUT2D eigenvalue weighted by atomic mass is 16.3. The normalized spacial score (nSPS) is 13.7. The van der Waals surface area contributed by atoms with E-state index in [4.69, 9.17) is 4.42 Å². The molecule has 1 aliphatic rings. The highest BCUT2D eigenvalue weighted by Crippen LogP contribution is 2.23. The summed E-state index contributed by atoms with van der Waals surface area (Å²) >= 11 is 0. The molecule has 9 nitrogen and oxygen atoms in total. The number of fused-ring (bicyclic) bond motifs is 2. The van der Waals surface area contributed by atoms with E-state index in [2.05, 4.69) is 25.8 Å². The zero-order valence-corrected chi connectivity index (χ0v) is 11.7. The van der Waals surface area contributed by atoms with Gasteiger partial charge in [-0.2, -0.15) is 5.10 Å². The Morgan fingerprint density at radius 1 is 1.30 bits per heavy atom. The smallest absolute Gasteiger partial charge is 0.260 e. The summed E-state index contributed by atoms with van der Waals surface area (Å²) in [5, 5.41) is 12.4. The van der Waals surface area contributed by atoms with Gasteiger partial charge in [-0.15, -0.1) is 0 Å². The van der Waals surface area contributed by atoms with Crippen LogP contribution in [0.1, 0.15) is 26.5 Å². The molecule has 0 aliphatic carbocycles. The molecule has 0 spiro atoms. The van der Waals surface area contributed by atoms with E-state index in [-0.39, 0.29) is 28.4 Å². The van der Waals surface area contributed by atoms with Crippen molar-refractivity contribution in [3.05, 3.63) is 45.6 Å². The maximum atomic E-state index is 12.4. The van der Waals surface area contributed by atoms with E-state index >= 15 is 0 Å². The molecule has 0 atom stereocenters. The fourth-order valence-electron chi connectivity index (χ4n) is 2.58. The lowest BCUT2D eigenvalue weighted by atomic mass is 10.0. The summed E-state index contributed by atoms with van der Waals surface area (Å²) in [6, 6.07) is 2.88. The number of hydrogen-bond donors (Lipinski definition) is 4. The summed E-state index contributed by atoms with van der Waals surface area (Å²) in [5.41, 5.74) is 0.527. The van der Waals surface area contributed by atoms with Gasteiger partial charge in [0, 0.05) is 19.0 Å².